The van der Waals surface area contributed by atoms with Crippen LogP contribution in [0.15, 0.2) is 23.1 Å². The van der Waals surface area contributed by atoms with Crippen LogP contribution in [0.1, 0.15) is 48.9 Å². The summed E-state index contributed by atoms with van der Waals surface area (Å²) in [5.41, 5.74) is 0.558. The van der Waals surface area contributed by atoms with Gasteiger partial charge in [-0.2, -0.15) is 0 Å². The quantitative estimate of drug-likeness (QED) is 0.465. The normalized spacial score (nSPS) is 16.3. The highest BCUT2D eigenvalue weighted by Crippen LogP contribution is 2.22. The van der Waals surface area contributed by atoms with Gasteiger partial charge in [-0.05, 0) is 37.3 Å². The lowest BCUT2D eigenvalue weighted by Gasteiger charge is -2.16. The monoisotopic (exact) mass is 340 g/mol. The third-order valence-electron chi connectivity index (χ3n) is 4.12. The second-order valence-corrected chi connectivity index (χ2v) is 7.03. The summed E-state index contributed by atoms with van der Waals surface area (Å²) in [7, 11) is 0. The maximum absolute atomic E-state index is 12.2. The van der Waals surface area contributed by atoms with Gasteiger partial charge in [0.2, 0.25) is 0 Å². The molecule has 1 fully saturated rings. The third-order valence-corrected chi connectivity index (χ3v) is 5.17. The van der Waals surface area contributed by atoms with Crippen molar-refractivity contribution in [2.24, 2.45) is 0 Å². The van der Waals surface area contributed by atoms with Crippen LogP contribution in [-0.4, -0.2) is 31.3 Å². The van der Waals surface area contributed by atoms with Crippen LogP contribution in [0.2, 0.25) is 5.02 Å². The molecule has 0 radical (unpaired) electrons. The average Bonchev–Trinajstić information content (AvgIpc) is 2.80. The molecule has 5 heteroatoms. The Kier molecular flexibility index (Phi) is 7.56. The third kappa shape index (κ3) is 5.49. The van der Waals surface area contributed by atoms with Crippen LogP contribution in [0.3, 0.4) is 0 Å². The molecule has 2 N–H and O–H groups in total. The maximum Gasteiger partial charge on any atom is 0.252 e. The molecule has 1 saturated carbocycles. The van der Waals surface area contributed by atoms with E-state index in [2.05, 4.69) is 10.6 Å². The van der Waals surface area contributed by atoms with Crippen molar-refractivity contribution >= 4 is 29.3 Å². The Morgan fingerprint density at radius 1 is 1.23 bits per heavy atom. The number of hydrogen-bond donors (Lipinski definition) is 2. The summed E-state index contributed by atoms with van der Waals surface area (Å²) in [6.45, 7) is 1.45. The predicted octanol–water partition coefficient (Wildman–Crippen LogP) is 4.10. The first-order valence-electron chi connectivity index (χ1n) is 8.06. The average molecular weight is 341 g/mol. The van der Waals surface area contributed by atoms with E-state index in [0.717, 1.165) is 11.4 Å². The molecular formula is C17H25ClN2OS. The SMILES string of the molecule is CSc1ccc(Cl)c(C(=O)NCCNC2CCCCCC2)c1. The topological polar surface area (TPSA) is 41.1 Å². The van der Waals surface area contributed by atoms with Crippen LogP contribution < -0.4 is 10.6 Å². The Bertz CT molecular complexity index is 488. The Labute approximate surface area is 142 Å². The summed E-state index contributed by atoms with van der Waals surface area (Å²) in [4.78, 5) is 13.3. The lowest BCUT2D eigenvalue weighted by molar-refractivity contribution is 0.0953. The van der Waals surface area contributed by atoms with Crippen molar-refractivity contribution in [2.45, 2.75) is 49.5 Å². The van der Waals surface area contributed by atoms with Crippen LogP contribution in [0, 0.1) is 0 Å². The number of rotatable bonds is 6. The van der Waals surface area contributed by atoms with Crippen LogP contribution in [-0.2, 0) is 0 Å². The number of carbonyl (C=O) groups excluding carboxylic acids is 1. The molecule has 0 aromatic heterocycles. The highest BCUT2D eigenvalue weighted by Gasteiger charge is 2.13. The number of nitrogens with one attached hydrogen (secondary N) is 2. The molecule has 1 aromatic rings. The highest BCUT2D eigenvalue weighted by atomic mass is 35.5. The largest absolute Gasteiger partial charge is 0.351 e. The molecule has 2 rings (SSSR count). The molecule has 0 saturated heterocycles. The maximum atomic E-state index is 12.2. The van der Waals surface area contributed by atoms with E-state index in [1.165, 1.54) is 38.5 Å². The van der Waals surface area contributed by atoms with Crippen LogP contribution in [0.25, 0.3) is 0 Å². The first-order valence-corrected chi connectivity index (χ1v) is 9.66. The number of halogens is 1. The zero-order valence-corrected chi connectivity index (χ0v) is 14.7. The molecule has 122 valence electrons. The van der Waals surface area contributed by atoms with E-state index in [1.54, 1.807) is 17.8 Å². The molecule has 1 aliphatic carbocycles. The van der Waals surface area contributed by atoms with Gasteiger partial charge in [0.05, 0.1) is 10.6 Å². The molecule has 0 aliphatic heterocycles. The fraction of sp³-hybridized carbons (Fsp3) is 0.588. The van der Waals surface area contributed by atoms with Gasteiger partial charge in [0.1, 0.15) is 0 Å². The van der Waals surface area contributed by atoms with Crippen molar-refractivity contribution in [1.82, 2.24) is 10.6 Å². The summed E-state index contributed by atoms with van der Waals surface area (Å²) in [5.74, 6) is -0.0939. The van der Waals surface area contributed by atoms with Crippen molar-refractivity contribution in [3.8, 4) is 0 Å². The lowest BCUT2D eigenvalue weighted by atomic mass is 10.1. The second kappa shape index (κ2) is 9.43. The smallest absolute Gasteiger partial charge is 0.252 e. The van der Waals surface area contributed by atoms with Crippen molar-refractivity contribution in [2.75, 3.05) is 19.3 Å². The summed E-state index contributed by atoms with van der Waals surface area (Å²) >= 11 is 7.72. The molecule has 1 aromatic carbocycles. The number of amides is 1. The van der Waals surface area contributed by atoms with Gasteiger partial charge >= 0.3 is 0 Å². The van der Waals surface area contributed by atoms with Gasteiger partial charge in [-0.1, -0.05) is 37.3 Å². The standard InChI is InChI=1S/C17H25ClN2OS/c1-22-14-8-9-16(18)15(12-14)17(21)20-11-10-19-13-6-4-2-3-5-7-13/h8-9,12-13,19H,2-7,10-11H2,1H3,(H,20,21). The van der Waals surface area contributed by atoms with Gasteiger partial charge in [-0.15, -0.1) is 11.8 Å². The van der Waals surface area contributed by atoms with E-state index in [-0.39, 0.29) is 5.91 Å². The number of hydrogen-bond acceptors (Lipinski definition) is 3. The first kappa shape index (κ1) is 17.6. The highest BCUT2D eigenvalue weighted by molar-refractivity contribution is 7.98. The van der Waals surface area contributed by atoms with Gasteiger partial charge < -0.3 is 10.6 Å². The van der Waals surface area contributed by atoms with E-state index in [1.807, 2.05) is 18.4 Å². The predicted molar refractivity (Wildman–Crippen MR) is 95.1 cm³/mol. The lowest BCUT2D eigenvalue weighted by Crippen LogP contribution is -2.36. The zero-order chi connectivity index (χ0) is 15.8. The summed E-state index contributed by atoms with van der Waals surface area (Å²) < 4.78 is 0. The molecule has 0 heterocycles. The summed E-state index contributed by atoms with van der Waals surface area (Å²) in [6.07, 6.45) is 9.87. The minimum Gasteiger partial charge on any atom is -0.351 e. The minimum absolute atomic E-state index is 0.0939. The molecule has 1 amide bonds. The van der Waals surface area contributed by atoms with Gasteiger partial charge in [0.15, 0.2) is 0 Å². The van der Waals surface area contributed by atoms with Crippen molar-refractivity contribution in [1.29, 1.82) is 0 Å². The van der Waals surface area contributed by atoms with Crippen molar-refractivity contribution in [3.63, 3.8) is 0 Å². The Balaban J connectivity index is 1.75. The summed E-state index contributed by atoms with van der Waals surface area (Å²) in [5, 5.41) is 7.01. The molecule has 0 atom stereocenters. The molecular weight excluding hydrogens is 316 g/mol. The van der Waals surface area contributed by atoms with E-state index in [4.69, 9.17) is 11.6 Å². The number of benzene rings is 1. The van der Waals surface area contributed by atoms with E-state index < -0.39 is 0 Å². The van der Waals surface area contributed by atoms with Gasteiger partial charge in [-0.25, -0.2) is 0 Å². The van der Waals surface area contributed by atoms with Gasteiger partial charge in [-0.3, -0.25) is 4.79 Å². The Hall–Kier alpha value is -0.710. The van der Waals surface area contributed by atoms with Crippen molar-refractivity contribution < 1.29 is 4.79 Å². The minimum atomic E-state index is -0.0939. The molecule has 0 spiro atoms. The fourth-order valence-corrected chi connectivity index (χ4v) is 3.48. The van der Waals surface area contributed by atoms with Crippen LogP contribution in [0.4, 0.5) is 0 Å². The van der Waals surface area contributed by atoms with E-state index in [0.29, 0.717) is 23.2 Å². The van der Waals surface area contributed by atoms with Crippen molar-refractivity contribution in [3.05, 3.63) is 28.8 Å². The Morgan fingerprint density at radius 2 is 1.95 bits per heavy atom. The zero-order valence-electron chi connectivity index (χ0n) is 13.2. The Morgan fingerprint density at radius 3 is 2.64 bits per heavy atom. The summed E-state index contributed by atoms with van der Waals surface area (Å²) in [6, 6.07) is 6.17. The van der Waals surface area contributed by atoms with E-state index >= 15 is 0 Å². The van der Waals surface area contributed by atoms with E-state index in [9.17, 15) is 4.79 Å². The van der Waals surface area contributed by atoms with Crippen LogP contribution in [0.5, 0.6) is 0 Å². The molecule has 0 bridgehead atoms. The van der Waals surface area contributed by atoms with Gasteiger partial charge in [0.25, 0.3) is 5.91 Å². The number of carbonyl (C=O) groups is 1. The van der Waals surface area contributed by atoms with Crippen LogP contribution >= 0.6 is 23.4 Å². The molecule has 22 heavy (non-hydrogen) atoms. The molecule has 1 aliphatic rings. The molecule has 3 nitrogen and oxygen atoms in total. The molecule has 0 unspecified atom stereocenters. The fourth-order valence-electron chi connectivity index (χ4n) is 2.84. The van der Waals surface area contributed by atoms with Gasteiger partial charge in [0, 0.05) is 24.0 Å². The second-order valence-electron chi connectivity index (χ2n) is 5.74. The first-order chi connectivity index (χ1) is 10.7. The number of thioether (sulfide) groups is 1.